The van der Waals surface area contributed by atoms with E-state index in [2.05, 4.69) is 13.2 Å². The monoisotopic (exact) mass is 182 g/mol. The van der Waals surface area contributed by atoms with Gasteiger partial charge in [0.05, 0.1) is 13.2 Å². The molecule has 0 saturated carbocycles. The van der Waals surface area contributed by atoms with E-state index in [1.165, 1.54) is 0 Å². The molecule has 1 aliphatic rings. The Morgan fingerprint density at radius 1 is 1.23 bits per heavy atom. The Balaban J connectivity index is 0.000000671. The molecule has 1 aliphatic heterocycles. The molecule has 0 spiro atoms. The van der Waals surface area contributed by atoms with Crippen LogP contribution in [0.2, 0.25) is 0 Å². The second kappa shape index (κ2) is 7.47. The second-order valence-corrected chi connectivity index (χ2v) is 2.24. The van der Waals surface area contributed by atoms with Crippen LogP contribution in [0.1, 0.15) is 20.3 Å². The highest BCUT2D eigenvalue weighted by Crippen LogP contribution is 2.15. The highest BCUT2D eigenvalue weighted by Gasteiger charge is 2.08. The maximum absolute atomic E-state index is 5.32. The molecule has 0 unspecified atom stereocenters. The number of rotatable bonds is 1. The predicted octanol–water partition coefficient (Wildman–Crippen LogP) is 3.03. The van der Waals surface area contributed by atoms with E-state index >= 15 is 0 Å². The molecular formula is C11H18O2. The third-order valence-electron chi connectivity index (χ3n) is 1.37. The number of ether oxygens (including phenoxy) is 2. The van der Waals surface area contributed by atoms with E-state index in [4.69, 9.17) is 9.47 Å². The Kier molecular flexibility index (Phi) is 6.79. The van der Waals surface area contributed by atoms with Crippen LogP contribution in [0.3, 0.4) is 0 Å². The van der Waals surface area contributed by atoms with Gasteiger partial charge in [-0.1, -0.05) is 33.1 Å². The topological polar surface area (TPSA) is 18.5 Å². The molecule has 0 aromatic carbocycles. The lowest BCUT2D eigenvalue weighted by Gasteiger charge is -2.05. The van der Waals surface area contributed by atoms with Crippen molar-refractivity contribution in [3.05, 3.63) is 36.8 Å². The SMILES string of the molecule is C=C/C=C1/OCCCOC1=C.CC. The fourth-order valence-corrected chi connectivity index (χ4v) is 0.836. The van der Waals surface area contributed by atoms with Crippen molar-refractivity contribution in [3.8, 4) is 0 Å². The van der Waals surface area contributed by atoms with E-state index in [1.807, 2.05) is 13.8 Å². The molecular weight excluding hydrogens is 164 g/mol. The minimum atomic E-state index is 0.599. The van der Waals surface area contributed by atoms with Crippen LogP contribution in [0.15, 0.2) is 36.8 Å². The first-order chi connectivity index (χ1) is 6.34. The quantitative estimate of drug-likeness (QED) is 0.620. The molecule has 1 heterocycles. The van der Waals surface area contributed by atoms with Crippen molar-refractivity contribution in [1.29, 1.82) is 0 Å². The van der Waals surface area contributed by atoms with E-state index in [0.717, 1.165) is 6.42 Å². The van der Waals surface area contributed by atoms with Crippen molar-refractivity contribution < 1.29 is 9.47 Å². The molecule has 0 amide bonds. The summed E-state index contributed by atoms with van der Waals surface area (Å²) < 4.78 is 10.6. The van der Waals surface area contributed by atoms with Gasteiger partial charge in [-0.15, -0.1) is 0 Å². The predicted molar refractivity (Wildman–Crippen MR) is 55.3 cm³/mol. The van der Waals surface area contributed by atoms with Crippen molar-refractivity contribution in [2.75, 3.05) is 13.2 Å². The normalized spacial score (nSPS) is 18.9. The van der Waals surface area contributed by atoms with Gasteiger partial charge in [-0.05, 0) is 6.08 Å². The molecule has 13 heavy (non-hydrogen) atoms. The van der Waals surface area contributed by atoms with E-state index in [9.17, 15) is 0 Å². The van der Waals surface area contributed by atoms with Gasteiger partial charge in [0, 0.05) is 6.42 Å². The van der Waals surface area contributed by atoms with Gasteiger partial charge in [-0.3, -0.25) is 0 Å². The highest BCUT2D eigenvalue weighted by molar-refractivity contribution is 5.21. The molecule has 1 fully saturated rings. The van der Waals surface area contributed by atoms with Crippen LogP contribution < -0.4 is 0 Å². The van der Waals surface area contributed by atoms with Crippen molar-refractivity contribution in [2.45, 2.75) is 20.3 Å². The van der Waals surface area contributed by atoms with Crippen LogP contribution in [-0.2, 0) is 9.47 Å². The van der Waals surface area contributed by atoms with Gasteiger partial charge in [0.1, 0.15) is 0 Å². The van der Waals surface area contributed by atoms with Crippen LogP contribution in [0.5, 0.6) is 0 Å². The Bertz CT molecular complexity index is 192. The molecule has 1 rings (SSSR count). The summed E-state index contributed by atoms with van der Waals surface area (Å²) in [5.41, 5.74) is 0. The van der Waals surface area contributed by atoms with Gasteiger partial charge in [0.2, 0.25) is 0 Å². The van der Waals surface area contributed by atoms with E-state index < -0.39 is 0 Å². The van der Waals surface area contributed by atoms with Gasteiger partial charge in [0.25, 0.3) is 0 Å². The van der Waals surface area contributed by atoms with Crippen LogP contribution in [0.4, 0.5) is 0 Å². The van der Waals surface area contributed by atoms with Crippen molar-refractivity contribution in [3.63, 3.8) is 0 Å². The van der Waals surface area contributed by atoms with Gasteiger partial charge in [0.15, 0.2) is 11.5 Å². The summed E-state index contributed by atoms with van der Waals surface area (Å²) in [6.07, 6.45) is 4.33. The molecule has 0 bridgehead atoms. The second-order valence-electron chi connectivity index (χ2n) is 2.24. The molecule has 2 nitrogen and oxygen atoms in total. The fraction of sp³-hybridized carbons (Fsp3) is 0.455. The fourth-order valence-electron chi connectivity index (χ4n) is 0.836. The molecule has 0 atom stereocenters. The first kappa shape index (κ1) is 11.8. The summed E-state index contributed by atoms with van der Waals surface area (Å²) in [6, 6.07) is 0. The Morgan fingerprint density at radius 2 is 1.85 bits per heavy atom. The summed E-state index contributed by atoms with van der Waals surface area (Å²) in [6.45, 7) is 12.7. The zero-order chi connectivity index (χ0) is 10.1. The zero-order valence-corrected chi connectivity index (χ0v) is 8.51. The smallest absolute Gasteiger partial charge is 0.160 e. The van der Waals surface area contributed by atoms with Crippen molar-refractivity contribution in [1.82, 2.24) is 0 Å². The largest absolute Gasteiger partial charge is 0.490 e. The summed E-state index contributed by atoms with van der Waals surface area (Å²) in [4.78, 5) is 0. The Morgan fingerprint density at radius 3 is 2.46 bits per heavy atom. The molecule has 1 saturated heterocycles. The average molecular weight is 182 g/mol. The van der Waals surface area contributed by atoms with Gasteiger partial charge >= 0.3 is 0 Å². The van der Waals surface area contributed by atoms with Gasteiger partial charge in [-0.2, -0.15) is 0 Å². The lowest BCUT2D eigenvalue weighted by atomic mass is 10.4. The third kappa shape index (κ3) is 4.41. The molecule has 0 N–H and O–H groups in total. The standard InChI is InChI=1S/C9H12O2.C2H6/c1-3-5-9-8(2)10-6-4-7-11-9;1-2/h3,5H,1-2,4,6-7H2;1-2H3/b9-5+;. The molecule has 74 valence electrons. The lowest BCUT2D eigenvalue weighted by Crippen LogP contribution is -1.92. The van der Waals surface area contributed by atoms with Crippen LogP contribution in [0.25, 0.3) is 0 Å². The maximum atomic E-state index is 5.32. The maximum Gasteiger partial charge on any atom is 0.160 e. The van der Waals surface area contributed by atoms with Crippen molar-refractivity contribution >= 4 is 0 Å². The Hall–Kier alpha value is -1.18. The van der Waals surface area contributed by atoms with Gasteiger partial charge < -0.3 is 9.47 Å². The molecule has 0 aliphatic carbocycles. The van der Waals surface area contributed by atoms with Gasteiger partial charge in [-0.25, -0.2) is 0 Å². The number of hydrogen-bond acceptors (Lipinski definition) is 2. The summed E-state index contributed by atoms with van der Waals surface area (Å²) >= 11 is 0. The van der Waals surface area contributed by atoms with Crippen LogP contribution >= 0.6 is 0 Å². The highest BCUT2D eigenvalue weighted by atomic mass is 16.5. The third-order valence-corrected chi connectivity index (χ3v) is 1.37. The van der Waals surface area contributed by atoms with Crippen LogP contribution in [-0.4, -0.2) is 13.2 Å². The zero-order valence-electron chi connectivity index (χ0n) is 8.51. The summed E-state index contributed by atoms with van der Waals surface area (Å²) in [5.74, 6) is 1.29. The van der Waals surface area contributed by atoms with E-state index in [0.29, 0.717) is 24.7 Å². The molecule has 0 radical (unpaired) electrons. The number of allylic oxidation sites excluding steroid dienone is 2. The van der Waals surface area contributed by atoms with Crippen LogP contribution in [0, 0.1) is 0 Å². The average Bonchev–Trinajstić information content (AvgIpc) is 2.36. The summed E-state index contributed by atoms with van der Waals surface area (Å²) in [5, 5.41) is 0. The molecule has 0 aromatic heterocycles. The first-order valence-corrected chi connectivity index (χ1v) is 4.62. The molecule has 2 heteroatoms. The Labute approximate surface area is 80.5 Å². The lowest BCUT2D eigenvalue weighted by molar-refractivity contribution is 0.221. The van der Waals surface area contributed by atoms with E-state index in [1.54, 1.807) is 12.2 Å². The number of hydrogen-bond donors (Lipinski definition) is 0. The minimum absolute atomic E-state index is 0.599. The summed E-state index contributed by atoms with van der Waals surface area (Å²) in [7, 11) is 0. The first-order valence-electron chi connectivity index (χ1n) is 4.62. The minimum Gasteiger partial charge on any atom is -0.490 e. The molecule has 0 aromatic rings. The van der Waals surface area contributed by atoms with E-state index in [-0.39, 0.29) is 0 Å². The van der Waals surface area contributed by atoms with Crippen molar-refractivity contribution in [2.24, 2.45) is 0 Å².